The molecule has 0 saturated carbocycles. The molecule has 1 atom stereocenters. The monoisotopic (exact) mass is 198 g/mol. The normalized spacial score (nSPS) is 21.9. The first-order valence-electron chi connectivity index (χ1n) is 5.14. The van der Waals surface area contributed by atoms with Crippen LogP contribution >= 0.6 is 0 Å². The van der Waals surface area contributed by atoms with E-state index in [4.69, 9.17) is 9.47 Å². The van der Waals surface area contributed by atoms with E-state index < -0.39 is 0 Å². The van der Waals surface area contributed by atoms with Gasteiger partial charge < -0.3 is 9.47 Å². The molecule has 1 heterocycles. The quantitative estimate of drug-likeness (QED) is 0.631. The minimum atomic E-state index is -0.0649. The van der Waals surface area contributed by atoms with Gasteiger partial charge in [0.05, 0.1) is 25.9 Å². The number of allylic oxidation sites excluding steroid dienone is 1. The molecule has 14 heavy (non-hydrogen) atoms. The van der Waals surface area contributed by atoms with E-state index in [0.29, 0.717) is 31.8 Å². The summed E-state index contributed by atoms with van der Waals surface area (Å²) in [5.74, 6) is 0.113. The Hall–Kier alpha value is -0.670. The first kappa shape index (κ1) is 11.4. The van der Waals surface area contributed by atoms with Crippen molar-refractivity contribution in [3.05, 3.63) is 12.2 Å². The van der Waals surface area contributed by atoms with E-state index in [0.717, 1.165) is 12.8 Å². The molecule has 0 aromatic heterocycles. The summed E-state index contributed by atoms with van der Waals surface area (Å²) in [6.45, 7) is 7.57. The highest BCUT2D eigenvalue weighted by Gasteiger charge is 2.19. The number of ketones is 1. The number of rotatable bonds is 5. The Kier molecular flexibility index (Phi) is 4.84. The van der Waals surface area contributed by atoms with Gasteiger partial charge in [0.25, 0.3) is 0 Å². The maximum atomic E-state index is 11.6. The largest absolute Gasteiger partial charge is 0.376 e. The van der Waals surface area contributed by atoms with Crippen molar-refractivity contribution in [1.29, 1.82) is 0 Å². The average molecular weight is 198 g/mol. The third-order valence-electron chi connectivity index (χ3n) is 2.24. The van der Waals surface area contributed by atoms with Gasteiger partial charge >= 0.3 is 0 Å². The van der Waals surface area contributed by atoms with Crippen LogP contribution in [-0.4, -0.2) is 31.7 Å². The third kappa shape index (κ3) is 3.60. The van der Waals surface area contributed by atoms with Gasteiger partial charge in [0, 0.05) is 6.42 Å². The van der Waals surface area contributed by atoms with Crippen LogP contribution in [0.25, 0.3) is 0 Å². The number of hydrogen-bond donors (Lipinski definition) is 0. The fraction of sp³-hybridized carbons (Fsp3) is 0.727. The molecule has 1 aliphatic rings. The van der Waals surface area contributed by atoms with E-state index in [1.165, 1.54) is 0 Å². The Labute approximate surface area is 85.1 Å². The number of ether oxygens (including phenoxy) is 2. The molecule has 1 fully saturated rings. The van der Waals surface area contributed by atoms with Gasteiger partial charge in [0.1, 0.15) is 0 Å². The molecule has 0 radical (unpaired) electrons. The van der Waals surface area contributed by atoms with E-state index in [-0.39, 0.29) is 11.9 Å². The Morgan fingerprint density at radius 3 is 2.86 bits per heavy atom. The summed E-state index contributed by atoms with van der Waals surface area (Å²) in [7, 11) is 0. The second-order valence-electron chi connectivity index (χ2n) is 3.55. The van der Waals surface area contributed by atoms with Crippen molar-refractivity contribution in [3.63, 3.8) is 0 Å². The van der Waals surface area contributed by atoms with Gasteiger partial charge in [0.2, 0.25) is 0 Å². The number of carbonyl (C=O) groups excluding carboxylic acids is 1. The molecule has 0 spiro atoms. The SMILES string of the molecule is C=C(CCC)C(=O)CC1COCCO1. The zero-order valence-corrected chi connectivity index (χ0v) is 8.75. The molecule has 0 aliphatic carbocycles. The van der Waals surface area contributed by atoms with Crippen LogP contribution in [0.2, 0.25) is 0 Å². The molecule has 80 valence electrons. The van der Waals surface area contributed by atoms with Gasteiger partial charge in [-0.2, -0.15) is 0 Å². The zero-order valence-electron chi connectivity index (χ0n) is 8.75. The van der Waals surface area contributed by atoms with E-state index in [1.807, 2.05) is 6.92 Å². The smallest absolute Gasteiger partial charge is 0.160 e. The van der Waals surface area contributed by atoms with Gasteiger partial charge in [-0.05, 0) is 12.0 Å². The van der Waals surface area contributed by atoms with Gasteiger partial charge in [0.15, 0.2) is 5.78 Å². The van der Waals surface area contributed by atoms with Crippen LogP contribution in [0.5, 0.6) is 0 Å². The Morgan fingerprint density at radius 2 is 2.29 bits per heavy atom. The molecule has 0 amide bonds. The molecule has 0 bridgehead atoms. The molecule has 1 saturated heterocycles. The van der Waals surface area contributed by atoms with Crippen molar-refractivity contribution in [2.75, 3.05) is 19.8 Å². The molecule has 0 aromatic carbocycles. The second-order valence-corrected chi connectivity index (χ2v) is 3.55. The van der Waals surface area contributed by atoms with Crippen molar-refractivity contribution in [2.45, 2.75) is 32.3 Å². The van der Waals surface area contributed by atoms with E-state index in [9.17, 15) is 4.79 Å². The lowest BCUT2D eigenvalue weighted by atomic mass is 10.0. The van der Waals surface area contributed by atoms with Crippen LogP contribution in [0.4, 0.5) is 0 Å². The van der Waals surface area contributed by atoms with Crippen molar-refractivity contribution in [3.8, 4) is 0 Å². The predicted molar refractivity (Wildman–Crippen MR) is 54.2 cm³/mol. The molecule has 3 heteroatoms. The molecule has 3 nitrogen and oxygen atoms in total. The van der Waals surface area contributed by atoms with Gasteiger partial charge in [-0.25, -0.2) is 0 Å². The predicted octanol–water partition coefficient (Wildman–Crippen LogP) is 1.72. The minimum absolute atomic E-state index is 0.0649. The summed E-state index contributed by atoms with van der Waals surface area (Å²) in [5.41, 5.74) is 0.710. The van der Waals surface area contributed by atoms with Crippen molar-refractivity contribution in [1.82, 2.24) is 0 Å². The molecule has 1 aliphatic heterocycles. The van der Waals surface area contributed by atoms with Crippen LogP contribution in [0, 0.1) is 0 Å². The number of Topliss-reactive ketones (excluding diaryl/α,β-unsaturated/α-hetero) is 1. The van der Waals surface area contributed by atoms with Crippen LogP contribution in [0.3, 0.4) is 0 Å². The Balaban J connectivity index is 2.28. The van der Waals surface area contributed by atoms with E-state index >= 15 is 0 Å². The number of carbonyl (C=O) groups is 1. The summed E-state index contributed by atoms with van der Waals surface area (Å²) >= 11 is 0. The van der Waals surface area contributed by atoms with Crippen molar-refractivity contribution in [2.24, 2.45) is 0 Å². The first-order valence-corrected chi connectivity index (χ1v) is 5.14. The lowest BCUT2D eigenvalue weighted by molar-refractivity contribution is -0.126. The highest BCUT2D eigenvalue weighted by Crippen LogP contribution is 2.11. The van der Waals surface area contributed by atoms with Crippen LogP contribution < -0.4 is 0 Å². The maximum absolute atomic E-state index is 11.6. The average Bonchev–Trinajstić information content (AvgIpc) is 2.19. The number of hydrogen-bond acceptors (Lipinski definition) is 3. The standard InChI is InChI=1S/C11H18O3/c1-3-4-9(2)11(12)7-10-8-13-5-6-14-10/h10H,2-8H2,1H3. The van der Waals surface area contributed by atoms with Crippen molar-refractivity contribution < 1.29 is 14.3 Å². The van der Waals surface area contributed by atoms with Crippen LogP contribution in [-0.2, 0) is 14.3 Å². The summed E-state index contributed by atoms with van der Waals surface area (Å²) in [5, 5.41) is 0. The summed E-state index contributed by atoms with van der Waals surface area (Å²) in [6, 6.07) is 0. The molecule has 1 rings (SSSR count). The molecular weight excluding hydrogens is 180 g/mol. The fourth-order valence-corrected chi connectivity index (χ4v) is 1.45. The summed E-state index contributed by atoms with van der Waals surface area (Å²) in [6.07, 6.45) is 2.10. The zero-order chi connectivity index (χ0) is 10.4. The van der Waals surface area contributed by atoms with Crippen LogP contribution in [0.15, 0.2) is 12.2 Å². The van der Waals surface area contributed by atoms with Crippen LogP contribution in [0.1, 0.15) is 26.2 Å². The Morgan fingerprint density at radius 1 is 1.50 bits per heavy atom. The molecular formula is C11H18O3. The van der Waals surface area contributed by atoms with Gasteiger partial charge in [-0.3, -0.25) is 4.79 Å². The lowest BCUT2D eigenvalue weighted by Gasteiger charge is -2.22. The van der Waals surface area contributed by atoms with Crippen molar-refractivity contribution >= 4 is 5.78 Å². The highest BCUT2D eigenvalue weighted by molar-refractivity contribution is 5.94. The minimum Gasteiger partial charge on any atom is -0.376 e. The topological polar surface area (TPSA) is 35.5 Å². The Bertz CT molecular complexity index is 205. The van der Waals surface area contributed by atoms with Gasteiger partial charge in [-0.15, -0.1) is 0 Å². The van der Waals surface area contributed by atoms with E-state index in [2.05, 4.69) is 6.58 Å². The molecule has 1 unspecified atom stereocenters. The fourth-order valence-electron chi connectivity index (χ4n) is 1.45. The highest BCUT2D eigenvalue weighted by atomic mass is 16.6. The summed E-state index contributed by atoms with van der Waals surface area (Å²) < 4.78 is 10.6. The third-order valence-corrected chi connectivity index (χ3v) is 2.24. The summed E-state index contributed by atoms with van der Waals surface area (Å²) in [4.78, 5) is 11.6. The van der Waals surface area contributed by atoms with E-state index in [1.54, 1.807) is 0 Å². The molecule has 0 N–H and O–H groups in total. The maximum Gasteiger partial charge on any atom is 0.160 e. The van der Waals surface area contributed by atoms with Gasteiger partial charge in [-0.1, -0.05) is 19.9 Å². The second kappa shape index (κ2) is 5.94. The molecule has 0 aromatic rings. The lowest BCUT2D eigenvalue weighted by Crippen LogP contribution is -2.30. The first-order chi connectivity index (χ1) is 6.74.